The maximum absolute atomic E-state index is 13.5. The van der Waals surface area contributed by atoms with Crippen LogP contribution in [-0.4, -0.2) is 10.9 Å². The van der Waals surface area contributed by atoms with Crippen LogP contribution in [0.3, 0.4) is 0 Å². The standard InChI is InChI=1S/C14H11F3N2O/c1-8(9-4-2-3-5-11(9)15)19-14(20)10-6-7-18-13(17)12(10)16/h2-8H,1H3,(H,19,20). The highest BCUT2D eigenvalue weighted by molar-refractivity contribution is 5.94. The zero-order chi connectivity index (χ0) is 14.7. The van der Waals surface area contributed by atoms with Crippen LogP contribution < -0.4 is 5.32 Å². The van der Waals surface area contributed by atoms with Gasteiger partial charge in [-0.25, -0.2) is 13.8 Å². The summed E-state index contributed by atoms with van der Waals surface area (Å²) < 4.78 is 39.9. The van der Waals surface area contributed by atoms with Crippen LogP contribution in [0.25, 0.3) is 0 Å². The Hall–Kier alpha value is -2.37. The van der Waals surface area contributed by atoms with E-state index >= 15 is 0 Å². The second-order valence-corrected chi connectivity index (χ2v) is 4.18. The number of carbonyl (C=O) groups excluding carboxylic acids is 1. The lowest BCUT2D eigenvalue weighted by Crippen LogP contribution is -2.28. The van der Waals surface area contributed by atoms with E-state index in [1.807, 2.05) is 0 Å². The number of halogens is 3. The van der Waals surface area contributed by atoms with E-state index in [1.165, 1.54) is 18.2 Å². The van der Waals surface area contributed by atoms with Gasteiger partial charge in [-0.05, 0) is 19.1 Å². The molecule has 0 spiro atoms. The third kappa shape index (κ3) is 2.79. The van der Waals surface area contributed by atoms with Crippen molar-refractivity contribution >= 4 is 5.91 Å². The summed E-state index contributed by atoms with van der Waals surface area (Å²) in [5, 5.41) is 2.41. The molecule has 0 fully saturated rings. The SMILES string of the molecule is CC(NC(=O)c1ccnc(F)c1F)c1ccccc1F. The molecule has 1 N–H and O–H groups in total. The summed E-state index contributed by atoms with van der Waals surface area (Å²) in [6.07, 6.45) is 0.987. The van der Waals surface area contributed by atoms with E-state index in [1.54, 1.807) is 13.0 Å². The minimum Gasteiger partial charge on any atom is -0.345 e. The van der Waals surface area contributed by atoms with Crippen molar-refractivity contribution in [2.45, 2.75) is 13.0 Å². The number of amides is 1. The largest absolute Gasteiger partial charge is 0.345 e. The Labute approximate surface area is 113 Å². The summed E-state index contributed by atoms with van der Waals surface area (Å²) in [6.45, 7) is 1.55. The fourth-order valence-corrected chi connectivity index (χ4v) is 1.77. The second-order valence-electron chi connectivity index (χ2n) is 4.18. The average Bonchev–Trinajstić information content (AvgIpc) is 2.42. The fraction of sp³-hybridized carbons (Fsp3) is 0.143. The molecule has 0 saturated heterocycles. The summed E-state index contributed by atoms with van der Waals surface area (Å²) >= 11 is 0. The minimum absolute atomic E-state index is 0.260. The van der Waals surface area contributed by atoms with Gasteiger partial charge in [-0.1, -0.05) is 18.2 Å². The fourth-order valence-electron chi connectivity index (χ4n) is 1.77. The van der Waals surface area contributed by atoms with Gasteiger partial charge < -0.3 is 5.32 Å². The van der Waals surface area contributed by atoms with Gasteiger partial charge in [0.25, 0.3) is 5.91 Å². The van der Waals surface area contributed by atoms with Gasteiger partial charge in [0.15, 0.2) is 5.82 Å². The highest BCUT2D eigenvalue weighted by atomic mass is 19.2. The number of nitrogens with zero attached hydrogens (tertiary/aromatic N) is 1. The number of pyridine rings is 1. The Bertz CT molecular complexity index is 646. The predicted octanol–water partition coefficient (Wildman–Crippen LogP) is 2.99. The summed E-state index contributed by atoms with van der Waals surface area (Å²) in [4.78, 5) is 14.9. The molecular weight excluding hydrogens is 269 g/mol. The molecule has 2 aromatic rings. The Kier molecular flexibility index (Phi) is 4.02. The summed E-state index contributed by atoms with van der Waals surface area (Å²) in [5.74, 6) is -4.00. The molecule has 0 radical (unpaired) electrons. The first kappa shape index (κ1) is 14.0. The molecule has 0 aliphatic heterocycles. The highest BCUT2D eigenvalue weighted by Gasteiger charge is 2.19. The van der Waals surface area contributed by atoms with E-state index in [-0.39, 0.29) is 5.56 Å². The number of rotatable bonds is 3. The first-order chi connectivity index (χ1) is 9.50. The topological polar surface area (TPSA) is 42.0 Å². The number of aromatic nitrogens is 1. The molecule has 20 heavy (non-hydrogen) atoms. The van der Waals surface area contributed by atoms with Gasteiger partial charge in [0.2, 0.25) is 5.95 Å². The Morgan fingerprint density at radius 1 is 1.20 bits per heavy atom. The molecule has 1 atom stereocenters. The molecule has 0 bridgehead atoms. The molecule has 3 nitrogen and oxygen atoms in total. The molecule has 0 aliphatic rings. The van der Waals surface area contributed by atoms with Crippen LogP contribution in [0.4, 0.5) is 13.2 Å². The van der Waals surface area contributed by atoms with E-state index in [0.717, 1.165) is 12.3 Å². The van der Waals surface area contributed by atoms with Crippen LogP contribution >= 0.6 is 0 Å². The lowest BCUT2D eigenvalue weighted by atomic mass is 10.1. The number of nitrogens with one attached hydrogen (secondary N) is 1. The van der Waals surface area contributed by atoms with Crippen LogP contribution in [0, 0.1) is 17.6 Å². The number of carbonyl (C=O) groups is 1. The smallest absolute Gasteiger partial charge is 0.254 e. The molecule has 0 saturated carbocycles. The van der Waals surface area contributed by atoms with Crippen molar-refractivity contribution in [1.29, 1.82) is 0 Å². The normalized spacial score (nSPS) is 12.0. The molecule has 2 rings (SSSR count). The van der Waals surface area contributed by atoms with Crippen molar-refractivity contribution in [2.75, 3.05) is 0 Å². The zero-order valence-electron chi connectivity index (χ0n) is 10.5. The molecule has 1 heterocycles. The van der Waals surface area contributed by atoms with Crippen LogP contribution in [-0.2, 0) is 0 Å². The van der Waals surface area contributed by atoms with Gasteiger partial charge >= 0.3 is 0 Å². The molecule has 0 aliphatic carbocycles. The molecule has 1 amide bonds. The van der Waals surface area contributed by atoms with Crippen molar-refractivity contribution in [3.63, 3.8) is 0 Å². The third-order valence-corrected chi connectivity index (χ3v) is 2.81. The van der Waals surface area contributed by atoms with Gasteiger partial charge in [0.1, 0.15) is 5.82 Å². The molecule has 1 aromatic heterocycles. The molecule has 1 unspecified atom stereocenters. The van der Waals surface area contributed by atoms with E-state index in [0.29, 0.717) is 0 Å². The lowest BCUT2D eigenvalue weighted by molar-refractivity contribution is 0.0934. The molecule has 104 valence electrons. The first-order valence-corrected chi connectivity index (χ1v) is 5.86. The Balaban J connectivity index is 2.20. The maximum Gasteiger partial charge on any atom is 0.254 e. The first-order valence-electron chi connectivity index (χ1n) is 5.86. The minimum atomic E-state index is -1.35. The van der Waals surface area contributed by atoms with E-state index in [2.05, 4.69) is 10.3 Å². The summed E-state index contributed by atoms with van der Waals surface area (Å²) in [7, 11) is 0. The van der Waals surface area contributed by atoms with Gasteiger partial charge in [0.05, 0.1) is 11.6 Å². The van der Waals surface area contributed by atoms with E-state index in [9.17, 15) is 18.0 Å². The molecule has 6 heteroatoms. The second kappa shape index (κ2) is 5.73. The quantitative estimate of drug-likeness (QED) is 0.878. The van der Waals surface area contributed by atoms with Crippen LogP contribution in [0.5, 0.6) is 0 Å². The van der Waals surface area contributed by atoms with Crippen molar-refractivity contribution in [3.05, 3.63) is 65.2 Å². The lowest BCUT2D eigenvalue weighted by Gasteiger charge is -2.15. The van der Waals surface area contributed by atoms with Crippen molar-refractivity contribution < 1.29 is 18.0 Å². The van der Waals surface area contributed by atoms with Crippen LogP contribution in [0.1, 0.15) is 28.9 Å². The van der Waals surface area contributed by atoms with Gasteiger partial charge in [-0.15, -0.1) is 0 Å². The van der Waals surface area contributed by atoms with Crippen molar-refractivity contribution in [1.82, 2.24) is 10.3 Å². The zero-order valence-corrected chi connectivity index (χ0v) is 10.5. The number of hydrogen-bond acceptors (Lipinski definition) is 2. The maximum atomic E-state index is 13.5. The van der Waals surface area contributed by atoms with Gasteiger partial charge in [-0.2, -0.15) is 4.39 Å². The molecular formula is C14H11F3N2O. The number of hydrogen-bond donors (Lipinski definition) is 1. The van der Waals surface area contributed by atoms with Crippen molar-refractivity contribution in [3.8, 4) is 0 Å². The van der Waals surface area contributed by atoms with E-state index < -0.39 is 35.1 Å². The summed E-state index contributed by atoms with van der Waals surface area (Å²) in [6, 6.07) is 6.27. The van der Waals surface area contributed by atoms with E-state index in [4.69, 9.17) is 0 Å². The Morgan fingerprint density at radius 3 is 2.60 bits per heavy atom. The number of benzene rings is 1. The van der Waals surface area contributed by atoms with Crippen LogP contribution in [0.15, 0.2) is 36.5 Å². The third-order valence-electron chi connectivity index (χ3n) is 2.81. The van der Waals surface area contributed by atoms with Crippen molar-refractivity contribution in [2.24, 2.45) is 0 Å². The highest BCUT2D eigenvalue weighted by Crippen LogP contribution is 2.17. The van der Waals surface area contributed by atoms with Gasteiger partial charge in [0, 0.05) is 11.8 Å². The monoisotopic (exact) mass is 280 g/mol. The average molecular weight is 280 g/mol. The Morgan fingerprint density at radius 2 is 1.90 bits per heavy atom. The predicted molar refractivity (Wildman–Crippen MR) is 66.4 cm³/mol. The van der Waals surface area contributed by atoms with Gasteiger partial charge in [-0.3, -0.25) is 4.79 Å². The molecule has 1 aromatic carbocycles. The summed E-state index contributed by atoms with van der Waals surface area (Å²) in [5.41, 5.74) is -0.212. The van der Waals surface area contributed by atoms with Crippen LogP contribution in [0.2, 0.25) is 0 Å².